The van der Waals surface area contributed by atoms with Gasteiger partial charge in [0.05, 0.1) is 10.6 Å². The third-order valence-corrected chi connectivity index (χ3v) is 4.88. The summed E-state index contributed by atoms with van der Waals surface area (Å²) in [5.41, 5.74) is -0.120. The molecular weight excluding hydrogens is 310 g/mol. The molecule has 1 aliphatic rings. The zero-order valence-electron chi connectivity index (χ0n) is 12.2. The molecule has 0 radical (unpaired) electrons. The van der Waals surface area contributed by atoms with Gasteiger partial charge in [0.25, 0.3) is 5.91 Å². The van der Waals surface area contributed by atoms with E-state index in [9.17, 15) is 13.2 Å². The van der Waals surface area contributed by atoms with E-state index in [-0.39, 0.29) is 11.4 Å². The summed E-state index contributed by atoms with van der Waals surface area (Å²) in [6.45, 7) is 5.49. The molecule has 0 atom stereocenters. The van der Waals surface area contributed by atoms with Crippen LogP contribution in [0.5, 0.6) is 0 Å². The van der Waals surface area contributed by atoms with E-state index in [2.05, 4.69) is 9.71 Å². The van der Waals surface area contributed by atoms with Crippen molar-refractivity contribution in [3.63, 3.8) is 0 Å². The largest absolute Gasteiger partial charge is 0.346 e. The van der Waals surface area contributed by atoms with Gasteiger partial charge in [0.15, 0.2) is 0 Å². The molecule has 0 saturated carbocycles. The number of carbonyl (C=O) groups excluding carboxylic acids is 1. The third-order valence-electron chi connectivity index (χ3n) is 2.67. The molecule has 1 N–H and O–H groups in total. The quantitative estimate of drug-likeness (QED) is 0.894. The minimum Gasteiger partial charge on any atom is -0.346 e. The van der Waals surface area contributed by atoms with Crippen molar-refractivity contribution in [2.45, 2.75) is 26.3 Å². The Hall–Kier alpha value is -1.67. The lowest BCUT2D eigenvalue weighted by molar-refractivity contribution is -0.119. The van der Waals surface area contributed by atoms with Gasteiger partial charge in [-0.25, -0.2) is 4.31 Å². The van der Waals surface area contributed by atoms with Crippen molar-refractivity contribution < 1.29 is 13.2 Å². The number of hydrogen-bond acceptors (Lipinski definition) is 4. The van der Waals surface area contributed by atoms with Crippen LogP contribution in [-0.4, -0.2) is 36.9 Å². The smallest absolute Gasteiger partial charge is 0.345 e. The van der Waals surface area contributed by atoms with E-state index < -0.39 is 21.7 Å². The van der Waals surface area contributed by atoms with Gasteiger partial charge in [0.2, 0.25) is 0 Å². The molecular formula is C13H17N3O3S2. The number of hydrogen-bond donors (Lipinski definition) is 1. The second-order valence-electron chi connectivity index (χ2n) is 5.63. The number of nitrogens with zero attached hydrogens (tertiary/aromatic N) is 2. The molecule has 0 aromatic carbocycles. The average molecular weight is 327 g/mol. The Labute approximate surface area is 128 Å². The molecule has 21 heavy (non-hydrogen) atoms. The summed E-state index contributed by atoms with van der Waals surface area (Å²) in [5.74, 6) is -0.447. The van der Waals surface area contributed by atoms with Crippen molar-refractivity contribution >= 4 is 33.2 Å². The van der Waals surface area contributed by atoms with Crippen molar-refractivity contribution in [1.29, 1.82) is 0 Å². The highest BCUT2D eigenvalue weighted by Gasteiger charge is 2.31. The molecule has 1 aromatic heterocycles. The maximum atomic E-state index is 12.3. The summed E-state index contributed by atoms with van der Waals surface area (Å²) in [4.78, 5) is 13.0. The van der Waals surface area contributed by atoms with Crippen LogP contribution in [0.25, 0.3) is 0 Å². The summed E-state index contributed by atoms with van der Waals surface area (Å²) in [6, 6.07) is 3.57. The molecule has 114 valence electrons. The first-order valence-electron chi connectivity index (χ1n) is 6.27. The van der Waals surface area contributed by atoms with Gasteiger partial charge in [-0.15, -0.1) is 15.7 Å². The van der Waals surface area contributed by atoms with Gasteiger partial charge in [0, 0.05) is 12.6 Å². The van der Waals surface area contributed by atoms with E-state index in [1.807, 2.05) is 26.2 Å². The third kappa shape index (κ3) is 3.51. The fraction of sp³-hybridized carbons (Fsp3) is 0.385. The summed E-state index contributed by atoms with van der Waals surface area (Å²) < 4.78 is 28.8. The summed E-state index contributed by atoms with van der Waals surface area (Å²) >= 11 is 1.37. The molecule has 2 rings (SSSR count). The highest BCUT2D eigenvalue weighted by Crippen LogP contribution is 2.22. The molecule has 8 heteroatoms. The lowest BCUT2D eigenvalue weighted by Crippen LogP contribution is -2.45. The van der Waals surface area contributed by atoms with Gasteiger partial charge >= 0.3 is 10.2 Å². The van der Waals surface area contributed by atoms with Crippen molar-refractivity contribution in [2.24, 2.45) is 4.40 Å². The van der Waals surface area contributed by atoms with Crippen molar-refractivity contribution in [1.82, 2.24) is 9.62 Å². The van der Waals surface area contributed by atoms with Crippen LogP contribution in [0.1, 0.15) is 25.6 Å². The number of thiophene rings is 1. The SMILES string of the molecule is CN1C(C(=O)NC(C)(C)C)=CC(c2cccs2)=NS1(=O)=O. The fourth-order valence-corrected chi connectivity index (χ4v) is 3.36. The molecule has 0 saturated heterocycles. The predicted molar refractivity (Wildman–Crippen MR) is 83.5 cm³/mol. The topological polar surface area (TPSA) is 78.8 Å². The molecule has 0 spiro atoms. The van der Waals surface area contributed by atoms with Gasteiger partial charge < -0.3 is 5.32 Å². The molecule has 0 unspecified atom stereocenters. The van der Waals surface area contributed by atoms with E-state index in [4.69, 9.17) is 0 Å². The molecule has 0 fully saturated rings. The highest BCUT2D eigenvalue weighted by molar-refractivity contribution is 7.88. The average Bonchev–Trinajstić information content (AvgIpc) is 2.83. The summed E-state index contributed by atoms with van der Waals surface area (Å²) in [7, 11) is -2.57. The first-order chi connectivity index (χ1) is 9.60. The second-order valence-corrected chi connectivity index (χ2v) is 8.21. The monoisotopic (exact) mass is 327 g/mol. The minimum absolute atomic E-state index is 0.0586. The Morgan fingerprint density at radius 2 is 2.05 bits per heavy atom. The predicted octanol–water partition coefficient (Wildman–Crippen LogP) is 1.53. The number of nitrogens with one attached hydrogen (secondary N) is 1. The first kappa shape index (κ1) is 15.7. The lowest BCUT2D eigenvalue weighted by Gasteiger charge is -2.27. The van der Waals surface area contributed by atoms with Gasteiger partial charge in [0.1, 0.15) is 5.70 Å². The van der Waals surface area contributed by atoms with Gasteiger partial charge in [-0.05, 0) is 38.3 Å². The molecule has 1 aromatic rings. The van der Waals surface area contributed by atoms with Crippen LogP contribution < -0.4 is 5.32 Å². The van der Waals surface area contributed by atoms with Crippen molar-refractivity contribution in [2.75, 3.05) is 7.05 Å². The van der Waals surface area contributed by atoms with E-state index >= 15 is 0 Å². The zero-order valence-corrected chi connectivity index (χ0v) is 13.9. The van der Waals surface area contributed by atoms with Crippen LogP contribution >= 0.6 is 11.3 Å². The van der Waals surface area contributed by atoms with Gasteiger partial charge in [-0.3, -0.25) is 4.79 Å². The summed E-state index contributed by atoms with van der Waals surface area (Å²) in [6.07, 6.45) is 1.49. The van der Waals surface area contributed by atoms with E-state index in [0.717, 1.165) is 4.31 Å². The number of rotatable bonds is 2. The standard InChI is InChI=1S/C13H17N3O3S2/c1-13(2,3)14-12(17)10-8-9(11-6-5-7-20-11)15-21(18,19)16(10)4/h5-8H,1-4H3,(H,14,17). The zero-order chi connectivity index (χ0) is 15.8. The Morgan fingerprint density at radius 1 is 1.38 bits per heavy atom. The Balaban J connectivity index is 2.44. The second kappa shape index (κ2) is 5.27. The number of amides is 1. The van der Waals surface area contributed by atoms with Crippen molar-refractivity contribution in [3.05, 3.63) is 34.2 Å². The molecule has 1 aliphatic heterocycles. The van der Waals surface area contributed by atoms with E-state index in [1.54, 1.807) is 12.1 Å². The van der Waals surface area contributed by atoms with Crippen LogP contribution in [0.3, 0.4) is 0 Å². The van der Waals surface area contributed by atoms with Gasteiger partial charge in [-0.2, -0.15) is 8.42 Å². The van der Waals surface area contributed by atoms with Crippen LogP contribution in [0.2, 0.25) is 0 Å². The first-order valence-corrected chi connectivity index (χ1v) is 8.55. The minimum atomic E-state index is -3.89. The van der Waals surface area contributed by atoms with Gasteiger partial charge in [-0.1, -0.05) is 6.07 Å². The Bertz CT molecular complexity index is 710. The maximum absolute atomic E-state index is 12.3. The van der Waals surface area contributed by atoms with Crippen LogP contribution in [0.15, 0.2) is 33.7 Å². The molecule has 1 amide bonds. The normalized spacial score (nSPS) is 18.0. The highest BCUT2D eigenvalue weighted by atomic mass is 32.2. The summed E-state index contributed by atoms with van der Waals surface area (Å²) in [5, 5.41) is 4.58. The molecule has 0 aliphatic carbocycles. The molecule has 6 nitrogen and oxygen atoms in total. The molecule has 2 heterocycles. The number of likely N-dealkylation sites (N-methyl/N-ethyl adjacent to an activating group) is 1. The van der Waals surface area contributed by atoms with Crippen molar-refractivity contribution in [3.8, 4) is 0 Å². The van der Waals surface area contributed by atoms with E-state index in [1.165, 1.54) is 24.5 Å². The van der Waals surface area contributed by atoms with Crippen LogP contribution in [-0.2, 0) is 15.0 Å². The number of carbonyl (C=O) groups is 1. The molecule has 0 bridgehead atoms. The Kier molecular flexibility index (Phi) is 3.94. The number of allylic oxidation sites excluding steroid dienone is 1. The lowest BCUT2D eigenvalue weighted by atomic mass is 10.1. The van der Waals surface area contributed by atoms with Crippen LogP contribution in [0, 0.1) is 0 Å². The maximum Gasteiger partial charge on any atom is 0.345 e. The van der Waals surface area contributed by atoms with E-state index in [0.29, 0.717) is 4.88 Å². The van der Waals surface area contributed by atoms with Crippen LogP contribution in [0.4, 0.5) is 0 Å². The Morgan fingerprint density at radius 3 is 2.57 bits per heavy atom. The fourth-order valence-electron chi connectivity index (χ4n) is 1.71.